The molecule has 1 aromatic heterocycles. The molecule has 1 amide bonds. The molecule has 39 heavy (non-hydrogen) atoms. The zero-order chi connectivity index (χ0) is 27.9. The van der Waals surface area contributed by atoms with Crippen LogP contribution in [-0.4, -0.2) is 34.5 Å². The van der Waals surface area contributed by atoms with Crippen LogP contribution in [0.25, 0.3) is 11.3 Å². The van der Waals surface area contributed by atoms with Crippen molar-refractivity contribution >= 4 is 23.1 Å². The molecule has 3 aromatic carbocycles. The molecule has 0 aliphatic rings. The van der Waals surface area contributed by atoms with E-state index in [4.69, 9.17) is 4.98 Å². The number of hydrogen-bond acceptors (Lipinski definition) is 5. The summed E-state index contributed by atoms with van der Waals surface area (Å²) in [5, 5.41) is 6.32. The number of unbranched alkanes of at least 4 members (excludes halogenated alkanes) is 1. The van der Waals surface area contributed by atoms with E-state index in [1.54, 1.807) is 13.2 Å². The summed E-state index contributed by atoms with van der Waals surface area (Å²) in [6.45, 7) is 4.90. The molecule has 0 atom stereocenters. The fourth-order valence-electron chi connectivity index (χ4n) is 4.63. The third kappa shape index (κ3) is 6.81. The van der Waals surface area contributed by atoms with Gasteiger partial charge in [0.25, 0.3) is 11.5 Å². The number of aryl methyl sites for hydroxylation is 2. The molecule has 0 bridgehead atoms. The van der Waals surface area contributed by atoms with E-state index in [1.807, 2.05) is 81.7 Å². The topological polar surface area (TPSA) is 79.3 Å². The molecule has 0 fully saturated rings. The lowest BCUT2D eigenvalue weighted by atomic mass is 10.0. The van der Waals surface area contributed by atoms with Crippen molar-refractivity contribution in [3.05, 3.63) is 106 Å². The summed E-state index contributed by atoms with van der Waals surface area (Å²) in [4.78, 5) is 33.0. The first-order valence-electron chi connectivity index (χ1n) is 13.3. The monoisotopic (exact) mass is 523 g/mol. The Balaban J connectivity index is 1.63. The predicted octanol–water partition coefficient (Wildman–Crippen LogP) is 6.16. The normalized spacial score (nSPS) is 11.0. The first-order chi connectivity index (χ1) is 18.8. The Kier molecular flexibility index (Phi) is 8.94. The van der Waals surface area contributed by atoms with Gasteiger partial charge < -0.3 is 20.1 Å². The van der Waals surface area contributed by atoms with Gasteiger partial charge in [0.15, 0.2) is 5.82 Å². The van der Waals surface area contributed by atoms with Gasteiger partial charge in [0, 0.05) is 42.3 Å². The Morgan fingerprint density at radius 3 is 2.56 bits per heavy atom. The largest absolute Gasteiger partial charge is 0.336 e. The lowest BCUT2D eigenvalue weighted by Crippen LogP contribution is -2.21. The highest BCUT2D eigenvalue weighted by molar-refractivity contribution is 6.06. The van der Waals surface area contributed by atoms with E-state index < -0.39 is 0 Å². The van der Waals surface area contributed by atoms with Crippen LogP contribution in [0, 0.1) is 6.92 Å². The fraction of sp³-hybridized carbons (Fsp3) is 0.281. The third-order valence-electron chi connectivity index (χ3n) is 6.68. The van der Waals surface area contributed by atoms with Gasteiger partial charge in [-0.15, -0.1) is 0 Å². The summed E-state index contributed by atoms with van der Waals surface area (Å²) in [6.07, 6.45) is 4.70. The number of hydrogen-bond donors (Lipinski definition) is 2. The number of nitrogens with zero attached hydrogens (tertiary/aromatic N) is 3. The minimum absolute atomic E-state index is 0.129. The zero-order valence-corrected chi connectivity index (χ0v) is 23.4. The molecule has 0 saturated carbocycles. The first-order valence-corrected chi connectivity index (χ1v) is 13.3. The fourth-order valence-corrected chi connectivity index (χ4v) is 4.63. The molecular weight excluding hydrogens is 486 g/mol. The van der Waals surface area contributed by atoms with Gasteiger partial charge in [-0.25, -0.2) is 4.98 Å². The highest BCUT2D eigenvalue weighted by Gasteiger charge is 2.16. The molecular formula is C32H37N5O2. The van der Waals surface area contributed by atoms with Crippen molar-refractivity contribution in [2.24, 2.45) is 7.05 Å². The van der Waals surface area contributed by atoms with Gasteiger partial charge in [0.1, 0.15) is 0 Å². The minimum Gasteiger partial charge on any atom is -0.336 e. The van der Waals surface area contributed by atoms with E-state index in [0.717, 1.165) is 53.7 Å². The Bertz CT molecular complexity index is 1520. The molecule has 2 N–H and O–H groups in total. The molecule has 1 heterocycles. The van der Waals surface area contributed by atoms with Crippen molar-refractivity contribution in [1.82, 2.24) is 14.5 Å². The van der Waals surface area contributed by atoms with Crippen molar-refractivity contribution < 1.29 is 4.79 Å². The number of carbonyl (C=O) groups is 1. The Morgan fingerprint density at radius 2 is 1.79 bits per heavy atom. The van der Waals surface area contributed by atoms with Crippen molar-refractivity contribution in [3.8, 4) is 11.3 Å². The van der Waals surface area contributed by atoms with Crippen LogP contribution in [0.3, 0.4) is 0 Å². The number of benzene rings is 3. The van der Waals surface area contributed by atoms with Gasteiger partial charge in [0.05, 0.1) is 5.69 Å². The van der Waals surface area contributed by atoms with Crippen LogP contribution >= 0.6 is 0 Å². The van der Waals surface area contributed by atoms with E-state index in [9.17, 15) is 9.59 Å². The summed E-state index contributed by atoms with van der Waals surface area (Å²) in [5.74, 6) is 0.117. The van der Waals surface area contributed by atoms with Crippen molar-refractivity contribution in [1.29, 1.82) is 0 Å². The van der Waals surface area contributed by atoms with E-state index in [-0.39, 0.29) is 17.3 Å². The lowest BCUT2D eigenvalue weighted by Gasteiger charge is -2.16. The molecule has 0 unspecified atom stereocenters. The van der Waals surface area contributed by atoms with Crippen LogP contribution in [-0.2, 0) is 20.0 Å². The number of anilines is 3. The van der Waals surface area contributed by atoms with Crippen LogP contribution < -0.4 is 16.2 Å². The molecule has 202 valence electrons. The molecule has 0 saturated heterocycles. The second-order valence-corrected chi connectivity index (χ2v) is 10.1. The van der Waals surface area contributed by atoms with E-state index >= 15 is 0 Å². The van der Waals surface area contributed by atoms with Crippen molar-refractivity contribution in [3.63, 3.8) is 0 Å². The number of nitrogens with one attached hydrogen (secondary N) is 2. The Morgan fingerprint density at radius 1 is 1.03 bits per heavy atom. The number of aromatic nitrogens is 2. The molecule has 0 radical (unpaired) electrons. The molecule has 0 aliphatic heterocycles. The Hall–Kier alpha value is -4.23. The van der Waals surface area contributed by atoms with Crippen molar-refractivity contribution in [2.75, 3.05) is 24.7 Å². The summed E-state index contributed by atoms with van der Waals surface area (Å²) in [6, 6.07) is 21.5. The highest BCUT2D eigenvalue weighted by atomic mass is 16.1. The standard InChI is InChI=1S/C32H37N5O2/c1-6-7-13-24-14-8-9-16-27(24)31(38)35-28-18-11-17-26(22(28)2)29-21-37(5)32(39)30(34-29)33-25-15-10-12-23(19-25)20-36(3)4/h8-12,14-19,21H,6-7,13,20H2,1-5H3,(H,33,34)(H,35,38). The average Bonchev–Trinajstić information content (AvgIpc) is 2.91. The highest BCUT2D eigenvalue weighted by Crippen LogP contribution is 2.28. The zero-order valence-electron chi connectivity index (χ0n) is 23.4. The second-order valence-electron chi connectivity index (χ2n) is 10.1. The van der Waals surface area contributed by atoms with Gasteiger partial charge in [-0.05, 0) is 74.8 Å². The van der Waals surface area contributed by atoms with E-state index in [0.29, 0.717) is 16.9 Å². The summed E-state index contributed by atoms with van der Waals surface area (Å²) in [5.41, 5.74) is 6.53. The summed E-state index contributed by atoms with van der Waals surface area (Å²) < 4.78 is 1.53. The van der Waals surface area contributed by atoms with Gasteiger partial charge in [-0.1, -0.05) is 55.8 Å². The van der Waals surface area contributed by atoms with Crippen LogP contribution in [0.15, 0.2) is 77.7 Å². The molecule has 4 aromatic rings. The van der Waals surface area contributed by atoms with Crippen LogP contribution in [0.4, 0.5) is 17.2 Å². The summed E-state index contributed by atoms with van der Waals surface area (Å²) >= 11 is 0. The van der Waals surface area contributed by atoms with E-state index in [1.165, 1.54) is 4.57 Å². The summed E-state index contributed by atoms with van der Waals surface area (Å²) in [7, 11) is 5.76. The molecule has 7 heteroatoms. The number of amides is 1. The van der Waals surface area contributed by atoms with Crippen LogP contribution in [0.1, 0.15) is 46.8 Å². The SMILES string of the molecule is CCCCc1ccccc1C(=O)Nc1cccc(-c2cn(C)c(=O)c(Nc3cccc(CN(C)C)c3)n2)c1C. The smallest absolute Gasteiger partial charge is 0.293 e. The Labute approximate surface area is 230 Å². The minimum atomic E-state index is -0.220. The molecule has 0 aliphatic carbocycles. The molecule has 4 rings (SSSR count). The van der Waals surface area contributed by atoms with Crippen LogP contribution in [0.5, 0.6) is 0 Å². The van der Waals surface area contributed by atoms with Crippen molar-refractivity contribution in [2.45, 2.75) is 39.7 Å². The van der Waals surface area contributed by atoms with Gasteiger partial charge >= 0.3 is 0 Å². The third-order valence-corrected chi connectivity index (χ3v) is 6.68. The van der Waals surface area contributed by atoms with Crippen LogP contribution in [0.2, 0.25) is 0 Å². The first kappa shape index (κ1) is 27.8. The van der Waals surface area contributed by atoms with Gasteiger partial charge in [-0.3, -0.25) is 9.59 Å². The maximum atomic E-state index is 13.3. The maximum Gasteiger partial charge on any atom is 0.293 e. The van der Waals surface area contributed by atoms with Gasteiger partial charge in [0.2, 0.25) is 0 Å². The number of carbonyl (C=O) groups excluding carboxylic acids is 1. The molecule has 0 spiro atoms. The van der Waals surface area contributed by atoms with E-state index in [2.05, 4.69) is 28.5 Å². The lowest BCUT2D eigenvalue weighted by molar-refractivity contribution is 0.102. The maximum absolute atomic E-state index is 13.3. The second kappa shape index (κ2) is 12.5. The molecule has 7 nitrogen and oxygen atoms in total. The quantitative estimate of drug-likeness (QED) is 0.260. The van der Waals surface area contributed by atoms with Gasteiger partial charge in [-0.2, -0.15) is 0 Å². The average molecular weight is 524 g/mol. The predicted molar refractivity (Wildman–Crippen MR) is 160 cm³/mol. The number of rotatable bonds is 10.